The second-order valence-electron chi connectivity index (χ2n) is 7.62. The van der Waals surface area contributed by atoms with Gasteiger partial charge in [-0.3, -0.25) is 19.3 Å². The van der Waals surface area contributed by atoms with Crippen LogP contribution in [0.3, 0.4) is 0 Å². The molecule has 0 fully saturated rings. The Morgan fingerprint density at radius 3 is 2.74 bits per heavy atom. The van der Waals surface area contributed by atoms with Gasteiger partial charge in [0.1, 0.15) is 5.75 Å². The lowest BCUT2D eigenvalue weighted by atomic mass is 10.2. The number of hydrogen-bond donors (Lipinski definition) is 1. The van der Waals surface area contributed by atoms with Crippen molar-refractivity contribution < 1.29 is 14.1 Å². The number of amides is 1. The van der Waals surface area contributed by atoms with Gasteiger partial charge in [-0.05, 0) is 43.7 Å². The number of carbonyl (C=O) groups excluding carboxylic acids is 1. The van der Waals surface area contributed by atoms with Crippen molar-refractivity contribution in [2.24, 2.45) is 0 Å². The molecule has 0 unspecified atom stereocenters. The summed E-state index contributed by atoms with van der Waals surface area (Å²) in [5.41, 5.74) is 2.59. The molecule has 11 heteroatoms. The summed E-state index contributed by atoms with van der Waals surface area (Å²) in [6.45, 7) is 3.70. The smallest absolute Gasteiger partial charge is 0.267 e. The SMILES string of the molecule is COc1ccc(C)cc1-n1c(=O)c2ccccc2n2c(SCC(=O)Nc3cc(C)no3)nnc12. The molecule has 5 rings (SSSR count). The molecule has 172 valence electrons. The number of aromatic nitrogens is 5. The van der Waals surface area contributed by atoms with Gasteiger partial charge in [-0.25, -0.2) is 4.57 Å². The van der Waals surface area contributed by atoms with Crippen LogP contribution in [0, 0.1) is 13.8 Å². The molecule has 5 aromatic rings. The van der Waals surface area contributed by atoms with Gasteiger partial charge < -0.3 is 9.26 Å². The number of rotatable bonds is 6. The van der Waals surface area contributed by atoms with E-state index in [2.05, 4.69) is 20.7 Å². The second kappa shape index (κ2) is 8.67. The van der Waals surface area contributed by atoms with Crippen molar-refractivity contribution in [3.63, 3.8) is 0 Å². The first-order valence-corrected chi connectivity index (χ1v) is 11.3. The van der Waals surface area contributed by atoms with Crippen LogP contribution in [0.5, 0.6) is 5.75 Å². The third kappa shape index (κ3) is 3.79. The van der Waals surface area contributed by atoms with Gasteiger partial charge in [0.2, 0.25) is 17.6 Å². The quantitative estimate of drug-likeness (QED) is 0.371. The van der Waals surface area contributed by atoms with E-state index < -0.39 is 0 Å². The molecular weight excluding hydrogens is 456 g/mol. The van der Waals surface area contributed by atoms with Crippen molar-refractivity contribution >= 4 is 40.2 Å². The molecule has 0 atom stereocenters. The van der Waals surface area contributed by atoms with E-state index >= 15 is 0 Å². The first-order valence-electron chi connectivity index (χ1n) is 10.4. The van der Waals surface area contributed by atoms with E-state index in [1.54, 1.807) is 36.6 Å². The number of nitrogens with one attached hydrogen (secondary N) is 1. The number of fused-ring (bicyclic) bond motifs is 3. The maximum Gasteiger partial charge on any atom is 0.267 e. The number of aryl methyl sites for hydroxylation is 2. The zero-order valence-corrected chi connectivity index (χ0v) is 19.4. The van der Waals surface area contributed by atoms with Gasteiger partial charge in [-0.2, -0.15) is 0 Å². The van der Waals surface area contributed by atoms with E-state index in [0.717, 1.165) is 5.56 Å². The molecule has 1 amide bonds. The number of anilines is 1. The van der Waals surface area contributed by atoms with Crippen LogP contribution in [0.2, 0.25) is 0 Å². The minimum atomic E-state index is -0.282. The number of para-hydroxylation sites is 1. The van der Waals surface area contributed by atoms with Crippen LogP contribution in [-0.2, 0) is 4.79 Å². The van der Waals surface area contributed by atoms with E-state index in [4.69, 9.17) is 9.26 Å². The van der Waals surface area contributed by atoms with E-state index in [0.29, 0.717) is 39.0 Å². The van der Waals surface area contributed by atoms with E-state index in [1.807, 2.05) is 37.3 Å². The highest BCUT2D eigenvalue weighted by Crippen LogP contribution is 2.28. The standard InChI is InChI=1S/C23H20N6O4S/c1-13-8-9-18(32-3)17(10-13)28-21(31)15-6-4-5-7-16(15)29-22(28)25-26-23(29)34-12-19(30)24-20-11-14(2)27-33-20/h4-11H,12H2,1-3H3,(H,24,30). The molecule has 1 N–H and O–H groups in total. The molecule has 0 aliphatic carbocycles. The predicted octanol–water partition coefficient (Wildman–Crippen LogP) is 3.38. The number of thioether (sulfide) groups is 1. The van der Waals surface area contributed by atoms with Crippen LogP contribution in [0.15, 0.2) is 63.0 Å². The Labute approximate surface area is 197 Å². The zero-order valence-electron chi connectivity index (χ0n) is 18.6. The number of nitrogens with zero attached hydrogens (tertiary/aromatic N) is 5. The summed E-state index contributed by atoms with van der Waals surface area (Å²) in [5.74, 6) is 0.906. The Morgan fingerprint density at radius 2 is 1.97 bits per heavy atom. The molecule has 0 aliphatic rings. The second-order valence-corrected chi connectivity index (χ2v) is 8.56. The number of ether oxygens (including phenoxy) is 1. The number of benzene rings is 2. The monoisotopic (exact) mass is 476 g/mol. The van der Waals surface area contributed by atoms with E-state index in [-0.39, 0.29) is 23.1 Å². The molecule has 0 aliphatic heterocycles. The fourth-order valence-electron chi connectivity index (χ4n) is 3.69. The summed E-state index contributed by atoms with van der Waals surface area (Å²) < 4.78 is 13.8. The summed E-state index contributed by atoms with van der Waals surface area (Å²) in [7, 11) is 1.55. The fraction of sp³-hybridized carbons (Fsp3) is 0.174. The van der Waals surface area contributed by atoms with Gasteiger partial charge in [0.05, 0.1) is 35.1 Å². The molecular formula is C23H20N6O4S. The first kappa shape index (κ1) is 21.7. The lowest BCUT2D eigenvalue weighted by Gasteiger charge is -2.14. The molecule has 0 spiro atoms. The average Bonchev–Trinajstić information content (AvgIpc) is 3.44. The number of carbonyl (C=O) groups is 1. The van der Waals surface area contributed by atoms with Crippen LogP contribution >= 0.6 is 11.8 Å². The molecule has 0 saturated carbocycles. The van der Waals surface area contributed by atoms with Crippen molar-refractivity contribution in [3.8, 4) is 11.4 Å². The van der Waals surface area contributed by atoms with Crippen LogP contribution in [0.1, 0.15) is 11.3 Å². The zero-order chi connectivity index (χ0) is 23.8. The third-order valence-corrected chi connectivity index (χ3v) is 6.12. The molecule has 3 heterocycles. The Balaban J connectivity index is 1.61. The fourth-order valence-corrected chi connectivity index (χ4v) is 4.43. The number of hydrogen-bond acceptors (Lipinski definition) is 8. The molecule has 34 heavy (non-hydrogen) atoms. The van der Waals surface area contributed by atoms with Crippen LogP contribution in [-0.4, -0.2) is 43.1 Å². The van der Waals surface area contributed by atoms with Gasteiger partial charge in [-0.1, -0.05) is 35.1 Å². The third-order valence-electron chi connectivity index (χ3n) is 5.19. The summed E-state index contributed by atoms with van der Waals surface area (Å²) in [6.07, 6.45) is 0. The lowest BCUT2D eigenvalue weighted by Crippen LogP contribution is -2.22. The molecule has 2 aromatic carbocycles. The highest BCUT2D eigenvalue weighted by molar-refractivity contribution is 7.99. The molecule has 3 aromatic heterocycles. The number of methoxy groups -OCH3 is 1. The molecule has 0 radical (unpaired) electrons. The van der Waals surface area contributed by atoms with Crippen LogP contribution in [0.4, 0.5) is 5.88 Å². The normalized spacial score (nSPS) is 11.3. The van der Waals surface area contributed by atoms with Crippen LogP contribution < -0.4 is 15.6 Å². The summed E-state index contributed by atoms with van der Waals surface area (Å²) in [5, 5.41) is 16.0. The van der Waals surface area contributed by atoms with Gasteiger partial charge in [-0.15, -0.1) is 10.2 Å². The van der Waals surface area contributed by atoms with Crippen molar-refractivity contribution in [2.75, 3.05) is 18.2 Å². The average molecular weight is 477 g/mol. The maximum atomic E-state index is 13.5. The molecule has 0 saturated heterocycles. The minimum Gasteiger partial charge on any atom is -0.495 e. The van der Waals surface area contributed by atoms with Crippen molar-refractivity contribution in [3.05, 3.63) is 70.1 Å². The summed E-state index contributed by atoms with van der Waals surface area (Å²) >= 11 is 1.20. The highest BCUT2D eigenvalue weighted by Gasteiger charge is 2.20. The largest absolute Gasteiger partial charge is 0.495 e. The topological polar surface area (TPSA) is 117 Å². The Hall–Kier alpha value is -4.12. The minimum absolute atomic E-state index is 0.0573. The van der Waals surface area contributed by atoms with Crippen molar-refractivity contribution in [1.29, 1.82) is 0 Å². The van der Waals surface area contributed by atoms with E-state index in [9.17, 15) is 9.59 Å². The molecule has 0 bridgehead atoms. The Morgan fingerprint density at radius 1 is 1.15 bits per heavy atom. The van der Waals surface area contributed by atoms with E-state index in [1.165, 1.54) is 16.3 Å². The Bertz CT molecular complexity index is 1600. The first-order chi connectivity index (χ1) is 16.5. The summed E-state index contributed by atoms with van der Waals surface area (Å²) in [6, 6.07) is 14.4. The predicted molar refractivity (Wildman–Crippen MR) is 128 cm³/mol. The van der Waals surface area contributed by atoms with Gasteiger partial charge in [0.15, 0.2) is 5.16 Å². The lowest BCUT2D eigenvalue weighted by molar-refractivity contribution is -0.113. The van der Waals surface area contributed by atoms with Gasteiger partial charge >= 0.3 is 0 Å². The van der Waals surface area contributed by atoms with Crippen molar-refractivity contribution in [2.45, 2.75) is 19.0 Å². The van der Waals surface area contributed by atoms with Gasteiger partial charge in [0, 0.05) is 6.07 Å². The Kier molecular flexibility index (Phi) is 5.54. The molecule has 10 nitrogen and oxygen atoms in total. The van der Waals surface area contributed by atoms with Crippen molar-refractivity contribution in [1.82, 2.24) is 24.3 Å². The maximum absolute atomic E-state index is 13.5. The van der Waals surface area contributed by atoms with Gasteiger partial charge in [0.25, 0.3) is 5.56 Å². The van der Waals surface area contributed by atoms with Crippen LogP contribution in [0.25, 0.3) is 22.4 Å². The highest BCUT2D eigenvalue weighted by atomic mass is 32.2. The summed E-state index contributed by atoms with van der Waals surface area (Å²) in [4.78, 5) is 26.0.